The number of fused-ring (bicyclic) bond motifs is 1. The molecule has 0 aliphatic carbocycles. The molecule has 0 amide bonds. The minimum absolute atomic E-state index is 0.122. The maximum atomic E-state index is 8.74. The van der Waals surface area contributed by atoms with Crippen molar-refractivity contribution < 1.29 is 9.52 Å². The summed E-state index contributed by atoms with van der Waals surface area (Å²) in [6.07, 6.45) is 0.571. The van der Waals surface area contributed by atoms with Gasteiger partial charge >= 0.3 is 0 Å². The lowest BCUT2D eigenvalue weighted by Gasteiger charge is -1.89. The van der Waals surface area contributed by atoms with Crippen LogP contribution in [0.4, 0.5) is 0 Å². The molecule has 68 valence electrons. The standard InChI is InChI=1S/C10H9BrO2/c11-9-2-1-3-10-8(9)6-7(13-10)4-5-12/h1-3,6,12H,4-5H2. The van der Waals surface area contributed by atoms with Crippen LogP contribution >= 0.6 is 15.9 Å². The quantitative estimate of drug-likeness (QED) is 0.876. The summed E-state index contributed by atoms with van der Waals surface area (Å²) >= 11 is 3.44. The zero-order valence-electron chi connectivity index (χ0n) is 6.96. The highest BCUT2D eigenvalue weighted by molar-refractivity contribution is 9.10. The number of halogens is 1. The number of rotatable bonds is 2. The van der Waals surface area contributed by atoms with Crippen LogP contribution in [0.15, 0.2) is 33.2 Å². The van der Waals surface area contributed by atoms with Crippen molar-refractivity contribution in [1.29, 1.82) is 0 Å². The summed E-state index contributed by atoms with van der Waals surface area (Å²) in [5, 5.41) is 9.80. The van der Waals surface area contributed by atoms with Crippen LogP contribution in [0.5, 0.6) is 0 Å². The normalized spacial score (nSPS) is 10.9. The third kappa shape index (κ3) is 1.62. The van der Waals surface area contributed by atoms with Gasteiger partial charge in [-0.2, -0.15) is 0 Å². The molecule has 0 aliphatic heterocycles. The first-order valence-electron chi connectivity index (χ1n) is 4.09. The average Bonchev–Trinajstić information content (AvgIpc) is 2.49. The Labute approximate surface area is 84.3 Å². The van der Waals surface area contributed by atoms with E-state index >= 15 is 0 Å². The third-order valence-corrected chi connectivity index (χ3v) is 2.61. The lowest BCUT2D eigenvalue weighted by Crippen LogP contribution is -1.85. The Balaban J connectivity index is 2.55. The second-order valence-electron chi connectivity index (χ2n) is 2.84. The average molecular weight is 241 g/mol. The first-order chi connectivity index (χ1) is 6.31. The highest BCUT2D eigenvalue weighted by Gasteiger charge is 2.04. The number of furan rings is 1. The molecule has 1 aromatic heterocycles. The fraction of sp³-hybridized carbons (Fsp3) is 0.200. The Morgan fingerprint density at radius 3 is 2.92 bits per heavy atom. The summed E-state index contributed by atoms with van der Waals surface area (Å²) in [6.45, 7) is 0.122. The molecule has 1 aromatic carbocycles. The van der Waals surface area contributed by atoms with Gasteiger partial charge in [0.2, 0.25) is 0 Å². The number of aliphatic hydroxyl groups excluding tert-OH is 1. The lowest BCUT2D eigenvalue weighted by molar-refractivity contribution is 0.289. The molecule has 1 heterocycles. The van der Waals surface area contributed by atoms with Gasteiger partial charge in [-0.25, -0.2) is 0 Å². The van der Waals surface area contributed by atoms with Gasteiger partial charge in [0.25, 0.3) is 0 Å². The van der Waals surface area contributed by atoms with E-state index in [9.17, 15) is 0 Å². The summed E-state index contributed by atoms with van der Waals surface area (Å²) in [6, 6.07) is 7.77. The first kappa shape index (κ1) is 8.78. The maximum Gasteiger partial charge on any atom is 0.135 e. The highest BCUT2D eigenvalue weighted by atomic mass is 79.9. The van der Waals surface area contributed by atoms with Crippen molar-refractivity contribution in [3.63, 3.8) is 0 Å². The van der Waals surface area contributed by atoms with Crippen molar-refractivity contribution >= 4 is 26.9 Å². The lowest BCUT2D eigenvalue weighted by atomic mass is 10.2. The molecule has 3 heteroatoms. The second-order valence-corrected chi connectivity index (χ2v) is 3.69. The van der Waals surface area contributed by atoms with Gasteiger partial charge in [-0.15, -0.1) is 0 Å². The van der Waals surface area contributed by atoms with Crippen molar-refractivity contribution in [2.45, 2.75) is 6.42 Å². The molecular formula is C10H9BrO2. The fourth-order valence-corrected chi connectivity index (χ4v) is 1.77. The molecule has 0 bridgehead atoms. The molecule has 2 nitrogen and oxygen atoms in total. The van der Waals surface area contributed by atoms with Gasteiger partial charge in [0, 0.05) is 16.3 Å². The molecule has 0 saturated carbocycles. The molecule has 0 saturated heterocycles. The minimum atomic E-state index is 0.122. The molecule has 0 atom stereocenters. The monoisotopic (exact) mass is 240 g/mol. The number of benzene rings is 1. The van der Waals surface area contributed by atoms with Crippen LogP contribution in [0.25, 0.3) is 11.0 Å². The van der Waals surface area contributed by atoms with Crippen molar-refractivity contribution in [1.82, 2.24) is 0 Å². The van der Waals surface area contributed by atoms with E-state index in [4.69, 9.17) is 9.52 Å². The van der Waals surface area contributed by atoms with E-state index in [2.05, 4.69) is 15.9 Å². The third-order valence-electron chi connectivity index (χ3n) is 1.92. The Kier molecular flexibility index (Phi) is 2.38. The summed E-state index contributed by atoms with van der Waals surface area (Å²) < 4.78 is 6.53. The van der Waals surface area contributed by atoms with Gasteiger partial charge in [-0.05, 0) is 18.2 Å². The predicted octanol–water partition coefficient (Wildman–Crippen LogP) is 2.73. The predicted molar refractivity (Wildman–Crippen MR) is 54.7 cm³/mol. The number of hydrogen-bond acceptors (Lipinski definition) is 2. The molecule has 1 N–H and O–H groups in total. The van der Waals surface area contributed by atoms with Crippen molar-refractivity contribution in [3.05, 3.63) is 34.5 Å². The summed E-state index contributed by atoms with van der Waals surface area (Å²) in [5.74, 6) is 0.824. The van der Waals surface area contributed by atoms with Gasteiger partial charge in [0.05, 0.1) is 6.61 Å². The number of aliphatic hydroxyl groups is 1. The molecule has 0 radical (unpaired) electrons. The molecule has 0 fully saturated rings. The second kappa shape index (κ2) is 3.52. The first-order valence-corrected chi connectivity index (χ1v) is 4.88. The summed E-state index contributed by atoms with van der Waals surface area (Å²) in [7, 11) is 0. The Morgan fingerprint density at radius 1 is 1.38 bits per heavy atom. The van der Waals surface area contributed by atoms with Crippen LogP contribution in [0.3, 0.4) is 0 Å². The summed E-state index contributed by atoms with van der Waals surface area (Å²) in [4.78, 5) is 0. The van der Waals surface area contributed by atoms with E-state index in [1.165, 1.54) is 0 Å². The van der Waals surface area contributed by atoms with Gasteiger partial charge in [0.15, 0.2) is 0 Å². The maximum absolute atomic E-state index is 8.74. The van der Waals surface area contributed by atoms with E-state index in [1.54, 1.807) is 0 Å². The fourth-order valence-electron chi connectivity index (χ4n) is 1.31. The molecule has 2 aromatic rings. The number of hydrogen-bond donors (Lipinski definition) is 1. The van der Waals surface area contributed by atoms with Crippen molar-refractivity contribution in [2.24, 2.45) is 0 Å². The molecule has 13 heavy (non-hydrogen) atoms. The SMILES string of the molecule is OCCc1cc2c(Br)cccc2o1. The van der Waals surface area contributed by atoms with E-state index < -0.39 is 0 Å². The van der Waals surface area contributed by atoms with Gasteiger partial charge in [-0.3, -0.25) is 0 Å². The zero-order valence-corrected chi connectivity index (χ0v) is 8.54. The van der Waals surface area contributed by atoms with E-state index in [-0.39, 0.29) is 6.61 Å². The Bertz CT molecular complexity index is 420. The van der Waals surface area contributed by atoms with Gasteiger partial charge < -0.3 is 9.52 Å². The van der Waals surface area contributed by atoms with Crippen LogP contribution in [0.2, 0.25) is 0 Å². The van der Waals surface area contributed by atoms with Crippen LogP contribution in [-0.2, 0) is 6.42 Å². The molecule has 0 aliphatic rings. The van der Waals surface area contributed by atoms with E-state index in [0.29, 0.717) is 6.42 Å². The summed E-state index contributed by atoms with van der Waals surface area (Å²) in [5.41, 5.74) is 0.859. The Hall–Kier alpha value is -0.800. The minimum Gasteiger partial charge on any atom is -0.461 e. The molecule has 2 rings (SSSR count). The van der Waals surface area contributed by atoms with Crippen molar-refractivity contribution in [3.8, 4) is 0 Å². The molecule has 0 unspecified atom stereocenters. The smallest absolute Gasteiger partial charge is 0.135 e. The highest BCUT2D eigenvalue weighted by Crippen LogP contribution is 2.26. The van der Waals surface area contributed by atoms with Gasteiger partial charge in [0.1, 0.15) is 11.3 Å². The van der Waals surface area contributed by atoms with Crippen LogP contribution in [-0.4, -0.2) is 11.7 Å². The zero-order chi connectivity index (χ0) is 9.26. The van der Waals surface area contributed by atoms with Crippen LogP contribution in [0, 0.1) is 0 Å². The van der Waals surface area contributed by atoms with E-state index in [0.717, 1.165) is 21.2 Å². The Morgan fingerprint density at radius 2 is 2.23 bits per heavy atom. The van der Waals surface area contributed by atoms with E-state index in [1.807, 2.05) is 24.3 Å². The molecule has 0 spiro atoms. The van der Waals surface area contributed by atoms with Crippen LogP contribution < -0.4 is 0 Å². The molecular weight excluding hydrogens is 232 g/mol. The topological polar surface area (TPSA) is 33.4 Å². The largest absolute Gasteiger partial charge is 0.461 e. The van der Waals surface area contributed by atoms with Crippen molar-refractivity contribution in [2.75, 3.05) is 6.61 Å². The van der Waals surface area contributed by atoms with Crippen LogP contribution in [0.1, 0.15) is 5.76 Å². The van der Waals surface area contributed by atoms with Gasteiger partial charge in [-0.1, -0.05) is 22.0 Å².